The maximum absolute atomic E-state index is 11.6. The second-order valence-electron chi connectivity index (χ2n) is 7.03. The highest BCUT2D eigenvalue weighted by Crippen LogP contribution is 2.30. The first-order valence-electron chi connectivity index (χ1n) is 9.57. The Morgan fingerprint density at radius 2 is 2.00 bits per heavy atom. The topological polar surface area (TPSA) is 105 Å². The van der Waals surface area contributed by atoms with Gasteiger partial charge in [0.2, 0.25) is 0 Å². The molecule has 0 spiro atoms. The number of allylic oxidation sites excluding steroid dienone is 1. The average Bonchev–Trinajstić information content (AvgIpc) is 3.20. The number of rotatable bonds is 6. The number of nitrogens with one attached hydrogen (secondary N) is 1. The molecular formula is C24H18N4O3. The SMILES string of the molecule is Cc1ccc2nc(/C(C#N)=C\c3ccc(OCc4ccccc4)c([N+](=O)[O-])c3)[nH]c2c1. The maximum atomic E-state index is 11.6. The van der Waals surface area contributed by atoms with Gasteiger partial charge in [-0.15, -0.1) is 0 Å². The Bertz CT molecular complexity index is 1330. The third-order valence-corrected chi connectivity index (χ3v) is 4.74. The van der Waals surface area contributed by atoms with Gasteiger partial charge in [-0.2, -0.15) is 5.26 Å². The molecular weight excluding hydrogens is 392 g/mol. The summed E-state index contributed by atoms with van der Waals surface area (Å²) in [6.07, 6.45) is 1.57. The van der Waals surface area contributed by atoms with Gasteiger partial charge in [0, 0.05) is 6.07 Å². The zero-order valence-corrected chi connectivity index (χ0v) is 16.7. The molecule has 4 rings (SSSR count). The molecule has 3 aromatic carbocycles. The lowest BCUT2D eigenvalue weighted by atomic mass is 10.1. The van der Waals surface area contributed by atoms with Gasteiger partial charge in [0.05, 0.1) is 21.5 Å². The molecule has 0 saturated heterocycles. The fourth-order valence-corrected chi connectivity index (χ4v) is 3.20. The number of aromatic amines is 1. The predicted molar refractivity (Wildman–Crippen MR) is 118 cm³/mol. The van der Waals surface area contributed by atoms with Gasteiger partial charge >= 0.3 is 5.69 Å². The van der Waals surface area contributed by atoms with Crippen LogP contribution in [0.15, 0.2) is 66.7 Å². The van der Waals surface area contributed by atoms with Crippen molar-refractivity contribution in [3.63, 3.8) is 0 Å². The van der Waals surface area contributed by atoms with Crippen molar-refractivity contribution in [2.24, 2.45) is 0 Å². The Kier molecular flexibility index (Phi) is 5.45. The summed E-state index contributed by atoms with van der Waals surface area (Å²) in [7, 11) is 0. The standard InChI is InChI=1S/C24H18N4O3/c1-16-7-9-20-21(11-16)27-24(26-20)19(14-25)12-18-8-10-23(22(13-18)28(29)30)31-15-17-5-3-2-4-6-17/h2-13H,15H2,1H3,(H,26,27)/b19-12-. The number of aromatic nitrogens is 2. The summed E-state index contributed by atoms with van der Waals surface area (Å²) >= 11 is 0. The van der Waals surface area contributed by atoms with Crippen LogP contribution in [0, 0.1) is 28.4 Å². The van der Waals surface area contributed by atoms with E-state index in [4.69, 9.17) is 4.74 Å². The molecule has 0 unspecified atom stereocenters. The van der Waals surface area contributed by atoms with Crippen LogP contribution in [0.25, 0.3) is 22.7 Å². The van der Waals surface area contributed by atoms with E-state index in [-0.39, 0.29) is 23.6 Å². The highest BCUT2D eigenvalue weighted by Gasteiger charge is 2.17. The minimum atomic E-state index is -0.492. The van der Waals surface area contributed by atoms with Crippen molar-refractivity contribution in [2.75, 3.05) is 0 Å². The minimum Gasteiger partial charge on any atom is -0.482 e. The summed E-state index contributed by atoms with van der Waals surface area (Å²) in [5.41, 5.74) is 4.18. The van der Waals surface area contributed by atoms with E-state index in [0.717, 1.165) is 22.2 Å². The second kappa shape index (κ2) is 8.51. The molecule has 4 aromatic rings. The third-order valence-electron chi connectivity index (χ3n) is 4.74. The molecule has 1 heterocycles. The second-order valence-corrected chi connectivity index (χ2v) is 7.03. The molecule has 152 valence electrons. The number of fused-ring (bicyclic) bond motifs is 1. The van der Waals surface area contributed by atoms with E-state index in [1.165, 1.54) is 6.07 Å². The van der Waals surface area contributed by atoms with Crippen molar-refractivity contribution >= 4 is 28.4 Å². The molecule has 1 aromatic heterocycles. The number of nitro groups is 1. The van der Waals surface area contributed by atoms with Gasteiger partial charge in [-0.1, -0.05) is 42.5 Å². The summed E-state index contributed by atoms with van der Waals surface area (Å²) < 4.78 is 5.66. The van der Waals surface area contributed by atoms with E-state index < -0.39 is 4.92 Å². The molecule has 7 nitrogen and oxygen atoms in total. The van der Waals surface area contributed by atoms with Crippen LogP contribution in [-0.2, 0) is 6.61 Å². The van der Waals surface area contributed by atoms with E-state index in [1.54, 1.807) is 18.2 Å². The molecule has 0 aliphatic rings. The van der Waals surface area contributed by atoms with Crippen LogP contribution in [0.2, 0.25) is 0 Å². The van der Waals surface area contributed by atoms with E-state index >= 15 is 0 Å². The average molecular weight is 410 g/mol. The lowest BCUT2D eigenvalue weighted by molar-refractivity contribution is -0.386. The number of nitriles is 1. The highest BCUT2D eigenvalue weighted by atomic mass is 16.6. The summed E-state index contributed by atoms with van der Waals surface area (Å²) in [6, 6.07) is 21.9. The molecule has 0 atom stereocenters. The van der Waals surface area contributed by atoms with Gasteiger partial charge in [-0.05, 0) is 47.9 Å². The van der Waals surface area contributed by atoms with Crippen LogP contribution in [0.3, 0.4) is 0 Å². The van der Waals surface area contributed by atoms with Crippen LogP contribution in [0.4, 0.5) is 5.69 Å². The first kappa shape index (κ1) is 19.9. The van der Waals surface area contributed by atoms with Gasteiger partial charge in [0.15, 0.2) is 5.75 Å². The number of benzene rings is 3. The van der Waals surface area contributed by atoms with Gasteiger partial charge in [0.25, 0.3) is 0 Å². The molecule has 7 heteroatoms. The zero-order chi connectivity index (χ0) is 21.8. The first-order valence-corrected chi connectivity index (χ1v) is 9.57. The fourth-order valence-electron chi connectivity index (χ4n) is 3.20. The van der Waals surface area contributed by atoms with Crippen molar-refractivity contribution < 1.29 is 9.66 Å². The fraction of sp³-hybridized carbons (Fsp3) is 0.0833. The minimum absolute atomic E-state index is 0.165. The molecule has 0 saturated carbocycles. The molecule has 0 fully saturated rings. The van der Waals surface area contributed by atoms with Crippen LogP contribution in [0.1, 0.15) is 22.5 Å². The number of nitrogens with zero attached hydrogens (tertiary/aromatic N) is 3. The molecule has 0 radical (unpaired) electrons. The quantitative estimate of drug-likeness (QED) is 0.259. The number of hydrogen-bond donors (Lipinski definition) is 1. The van der Waals surface area contributed by atoms with E-state index in [0.29, 0.717) is 11.4 Å². The number of hydrogen-bond acceptors (Lipinski definition) is 5. The lowest BCUT2D eigenvalue weighted by Gasteiger charge is -2.07. The molecule has 0 aliphatic heterocycles. The van der Waals surface area contributed by atoms with Crippen molar-refractivity contribution in [3.8, 4) is 11.8 Å². The molecule has 0 amide bonds. The van der Waals surface area contributed by atoms with Crippen LogP contribution in [0.5, 0.6) is 5.75 Å². The molecule has 0 aliphatic carbocycles. The first-order chi connectivity index (χ1) is 15.0. The van der Waals surface area contributed by atoms with Gasteiger partial charge in [-0.3, -0.25) is 10.1 Å². The van der Waals surface area contributed by atoms with Gasteiger partial charge < -0.3 is 9.72 Å². The lowest BCUT2D eigenvalue weighted by Crippen LogP contribution is -1.99. The van der Waals surface area contributed by atoms with Crippen molar-refractivity contribution in [2.45, 2.75) is 13.5 Å². The normalized spacial score (nSPS) is 11.3. The van der Waals surface area contributed by atoms with E-state index in [1.807, 2.05) is 55.5 Å². The number of imidazole rings is 1. The van der Waals surface area contributed by atoms with Crippen LogP contribution >= 0.6 is 0 Å². The van der Waals surface area contributed by atoms with Gasteiger partial charge in [0.1, 0.15) is 18.5 Å². The summed E-state index contributed by atoms with van der Waals surface area (Å²) in [5, 5.41) is 21.2. The number of aryl methyl sites for hydroxylation is 1. The van der Waals surface area contributed by atoms with Crippen LogP contribution in [-0.4, -0.2) is 14.9 Å². The zero-order valence-electron chi connectivity index (χ0n) is 16.7. The highest BCUT2D eigenvalue weighted by molar-refractivity contribution is 5.90. The predicted octanol–water partition coefficient (Wildman–Crippen LogP) is 5.42. The number of ether oxygens (including phenoxy) is 1. The largest absolute Gasteiger partial charge is 0.482 e. The van der Waals surface area contributed by atoms with Gasteiger partial charge in [-0.25, -0.2) is 4.98 Å². The smallest absolute Gasteiger partial charge is 0.311 e. The molecule has 1 N–H and O–H groups in total. The Hall–Kier alpha value is -4.44. The Labute approximate surface area is 178 Å². The molecule has 31 heavy (non-hydrogen) atoms. The Morgan fingerprint density at radius 3 is 2.74 bits per heavy atom. The number of nitro benzene ring substituents is 1. The van der Waals surface area contributed by atoms with E-state index in [2.05, 4.69) is 16.0 Å². The van der Waals surface area contributed by atoms with Crippen molar-refractivity contribution in [1.82, 2.24) is 9.97 Å². The summed E-state index contributed by atoms with van der Waals surface area (Å²) in [4.78, 5) is 18.7. The summed E-state index contributed by atoms with van der Waals surface area (Å²) in [5.74, 6) is 0.582. The van der Waals surface area contributed by atoms with Crippen molar-refractivity contribution in [3.05, 3.63) is 99.4 Å². The number of H-pyrrole nitrogens is 1. The monoisotopic (exact) mass is 410 g/mol. The van der Waals surface area contributed by atoms with Crippen LogP contribution < -0.4 is 4.74 Å². The third kappa shape index (κ3) is 4.43. The van der Waals surface area contributed by atoms with E-state index in [9.17, 15) is 15.4 Å². The molecule has 0 bridgehead atoms. The summed E-state index contributed by atoms with van der Waals surface area (Å²) in [6.45, 7) is 2.19. The Balaban J connectivity index is 1.64. The Morgan fingerprint density at radius 1 is 1.19 bits per heavy atom. The maximum Gasteiger partial charge on any atom is 0.311 e. The van der Waals surface area contributed by atoms with Crippen molar-refractivity contribution in [1.29, 1.82) is 5.26 Å².